The summed E-state index contributed by atoms with van der Waals surface area (Å²) in [6.07, 6.45) is 3.28. The molecule has 2 heterocycles. The molecule has 7 nitrogen and oxygen atoms in total. The van der Waals surface area contributed by atoms with E-state index in [2.05, 4.69) is 14.7 Å². The highest BCUT2D eigenvalue weighted by Gasteiger charge is 2.26. The van der Waals surface area contributed by atoms with Gasteiger partial charge in [-0.05, 0) is 42.3 Å². The highest BCUT2D eigenvalue weighted by Crippen LogP contribution is 2.30. The van der Waals surface area contributed by atoms with Crippen LogP contribution < -0.4 is 10.5 Å². The number of sulfonamides is 1. The Morgan fingerprint density at radius 2 is 1.89 bits per heavy atom. The average Bonchev–Trinajstić information content (AvgIpc) is 3.28. The smallest absolute Gasteiger partial charge is 0.232 e. The van der Waals surface area contributed by atoms with Gasteiger partial charge in [0.2, 0.25) is 15.8 Å². The third kappa shape index (κ3) is 5.43. The van der Waals surface area contributed by atoms with Crippen molar-refractivity contribution in [3.8, 4) is 11.1 Å². The largest absolute Gasteiger partial charge is 0.345 e. The van der Waals surface area contributed by atoms with E-state index >= 15 is 4.39 Å². The van der Waals surface area contributed by atoms with E-state index in [-0.39, 0.29) is 11.3 Å². The molecule has 0 saturated heterocycles. The zero-order valence-corrected chi connectivity index (χ0v) is 21.0. The molecule has 0 spiro atoms. The van der Waals surface area contributed by atoms with Crippen LogP contribution in [0.2, 0.25) is 0 Å². The summed E-state index contributed by atoms with van der Waals surface area (Å²) < 4.78 is 56.1. The number of nitrogens with one attached hydrogen (secondary N) is 2. The van der Waals surface area contributed by atoms with E-state index in [1.807, 2.05) is 24.3 Å². The minimum Gasteiger partial charge on any atom is -0.345 e. The van der Waals surface area contributed by atoms with Crippen LogP contribution in [0.4, 0.5) is 14.5 Å². The van der Waals surface area contributed by atoms with Gasteiger partial charge >= 0.3 is 0 Å². The number of rotatable bonds is 10. The quantitative estimate of drug-likeness (QED) is 0.197. The lowest BCUT2D eigenvalue weighted by molar-refractivity contribution is 0.103. The lowest BCUT2D eigenvalue weighted by Crippen LogP contribution is -2.18. The van der Waals surface area contributed by atoms with Gasteiger partial charge in [-0.2, -0.15) is 0 Å². The second kappa shape index (κ2) is 10.8. The average molecular weight is 531 g/mol. The third-order valence-corrected chi connectivity index (χ3v) is 7.93. The number of fused-ring (bicyclic) bond motifs is 1. The van der Waals surface area contributed by atoms with Crippen molar-refractivity contribution in [2.24, 2.45) is 5.73 Å². The Labute approximate surface area is 211 Å². The molecule has 0 aliphatic carbocycles. The van der Waals surface area contributed by atoms with Crippen LogP contribution in [0.5, 0.6) is 0 Å². The fraction of sp³-hybridized carbons (Fsp3) is 0.200. The number of carbonyl (C=O) groups excluding carboxylic acids is 1. The fourth-order valence-electron chi connectivity index (χ4n) is 3.73. The van der Waals surface area contributed by atoms with Crippen molar-refractivity contribution in [2.75, 3.05) is 22.8 Å². The van der Waals surface area contributed by atoms with E-state index in [1.54, 1.807) is 30.9 Å². The Morgan fingerprint density at radius 3 is 2.58 bits per heavy atom. The number of thioether (sulfide) groups is 1. The number of aromatic amines is 1. The van der Waals surface area contributed by atoms with E-state index in [4.69, 9.17) is 5.73 Å². The number of benzene rings is 2. The molecule has 0 aliphatic heterocycles. The molecular weight excluding hydrogens is 506 g/mol. The van der Waals surface area contributed by atoms with Crippen molar-refractivity contribution in [3.05, 3.63) is 77.6 Å². The number of nitrogens with zero attached hydrogens (tertiary/aromatic N) is 1. The molecule has 0 saturated carbocycles. The zero-order valence-electron chi connectivity index (χ0n) is 19.3. The normalized spacial score (nSPS) is 11.7. The van der Waals surface area contributed by atoms with Gasteiger partial charge in [0, 0.05) is 46.1 Å². The number of pyridine rings is 1. The number of nitrogens with two attached hydrogens (primary N) is 1. The van der Waals surface area contributed by atoms with E-state index in [9.17, 15) is 17.6 Å². The van der Waals surface area contributed by atoms with Crippen LogP contribution in [0.15, 0.2) is 59.8 Å². The Balaban J connectivity index is 1.71. The van der Waals surface area contributed by atoms with Gasteiger partial charge in [0.25, 0.3) is 0 Å². The van der Waals surface area contributed by atoms with E-state index in [1.165, 1.54) is 6.20 Å². The van der Waals surface area contributed by atoms with Gasteiger partial charge in [-0.1, -0.05) is 19.1 Å². The second-order valence-electron chi connectivity index (χ2n) is 8.02. The summed E-state index contributed by atoms with van der Waals surface area (Å²) in [5.41, 5.74) is 6.17. The zero-order chi connectivity index (χ0) is 25.9. The number of hydrogen-bond acceptors (Lipinski definition) is 6. The van der Waals surface area contributed by atoms with Gasteiger partial charge < -0.3 is 10.7 Å². The molecule has 2 aromatic carbocycles. The number of hydrogen-bond donors (Lipinski definition) is 3. The summed E-state index contributed by atoms with van der Waals surface area (Å²) in [5.74, 6) is -2.74. The summed E-state index contributed by atoms with van der Waals surface area (Å²) in [6.45, 7) is 2.23. The lowest BCUT2D eigenvalue weighted by atomic mass is 10.00. The van der Waals surface area contributed by atoms with Crippen molar-refractivity contribution in [3.63, 3.8) is 0 Å². The van der Waals surface area contributed by atoms with E-state index in [0.717, 1.165) is 28.3 Å². The van der Waals surface area contributed by atoms with Crippen LogP contribution >= 0.6 is 11.8 Å². The van der Waals surface area contributed by atoms with Gasteiger partial charge in [-0.15, -0.1) is 11.8 Å². The van der Waals surface area contributed by atoms with Gasteiger partial charge in [-0.25, -0.2) is 22.2 Å². The first-order valence-corrected chi connectivity index (χ1v) is 13.8. The maximum absolute atomic E-state index is 15.2. The lowest BCUT2D eigenvalue weighted by Gasteiger charge is -2.11. The summed E-state index contributed by atoms with van der Waals surface area (Å²) in [5, 5.41) is 0.384. The third-order valence-electron chi connectivity index (χ3n) is 5.41. The summed E-state index contributed by atoms with van der Waals surface area (Å²) in [6, 6.07) is 11.3. The Bertz CT molecular complexity index is 1520. The number of carbonyl (C=O) groups is 1. The Hall–Kier alpha value is -3.28. The van der Waals surface area contributed by atoms with E-state index < -0.39 is 38.7 Å². The molecule has 36 heavy (non-hydrogen) atoms. The highest BCUT2D eigenvalue weighted by molar-refractivity contribution is 7.99. The molecule has 0 atom stereocenters. The van der Waals surface area contributed by atoms with Crippen molar-refractivity contribution >= 4 is 44.3 Å². The van der Waals surface area contributed by atoms with Crippen LogP contribution in [0, 0.1) is 11.6 Å². The molecule has 188 valence electrons. The molecule has 0 radical (unpaired) electrons. The Morgan fingerprint density at radius 1 is 1.14 bits per heavy atom. The molecule has 11 heteroatoms. The molecule has 0 fully saturated rings. The number of aromatic nitrogens is 2. The molecule has 4 aromatic rings. The van der Waals surface area contributed by atoms with E-state index in [0.29, 0.717) is 29.6 Å². The number of halogens is 2. The van der Waals surface area contributed by atoms with Crippen LogP contribution in [-0.4, -0.2) is 42.2 Å². The van der Waals surface area contributed by atoms with Crippen molar-refractivity contribution in [2.45, 2.75) is 18.2 Å². The monoisotopic (exact) mass is 530 g/mol. The second-order valence-corrected chi connectivity index (χ2v) is 11.0. The minimum atomic E-state index is -3.84. The van der Waals surface area contributed by atoms with Gasteiger partial charge in [-0.3, -0.25) is 9.52 Å². The Kier molecular flexibility index (Phi) is 7.72. The molecule has 0 unspecified atom stereocenters. The molecule has 4 N–H and O–H groups in total. The number of ketones is 1. The molecule has 0 aliphatic rings. The first kappa shape index (κ1) is 25.8. The minimum absolute atomic E-state index is 0.0147. The summed E-state index contributed by atoms with van der Waals surface area (Å²) in [4.78, 5) is 21.6. The molecule has 0 amide bonds. The first-order chi connectivity index (χ1) is 17.2. The maximum Gasteiger partial charge on any atom is 0.232 e. The van der Waals surface area contributed by atoms with Gasteiger partial charge in [0.1, 0.15) is 11.5 Å². The predicted molar refractivity (Wildman–Crippen MR) is 139 cm³/mol. The topological polar surface area (TPSA) is 118 Å². The fourth-order valence-corrected chi connectivity index (χ4v) is 5.55. The van der Waals surface area contributed by atoms with Gasteiger partial charge in [0.05, 0.1) is 17.0 Å². The SMILES string of the molecule is CCCS(=O)(=O)Nc1ccc(F)c(C(=O)c2c[nH]c3ncc(-c4ccc(SCCN)cc4)cc23)c1F. The van der Waals surface area contributed by atoms with Crippen LogP contribution in [0.1, 0.15) is 29.3 Å². The predicted octanol–water partition coefficient (Wildman–Crippen LogP) is 4.94. The maximum atomic E-state index is 15.2. The molecular formula is C25H24F2N4O3S2. The standard InChI is InChI=1S/C25H24F2N4O3S2/c1-2-11-36(33,34)31-21-8-7-20(26)22(23(21)27)24(32)19-14-30-25-18(19)12-16(13-29-25)15-3-5-17(6-4-15)35-10-9-28/h3-8,12-14,31H,2,9-11,28H2,1H3,(H,29,30). The molecule has 0 bridgehead atoms. The summed E-state index contributed by atoms with van der Waals surface area (Å²) in [7, 11) is -3.84. The van der Waals surface area contributed by atoms with Crippen LogP contribution in [0.3, 0.4) is 0 Å². The molecule has 4 rings (SSSR count). The van der Waals surface area contributed by atoms with Gasteiger partial charge in [0.15, 0.2) is 5.82 Å². The highest BCUT2D eigenvalue weighted by atomic mass is 32.2. The number of anilines is 1. The number of H-pyrrole nitrogens is 1. The summed E-state index contributed by atoms with van der Waals surface area (Å²) >= 11 is 1.64. The molecule has 2 aromatic heterocycles. The first-order valence-electron chi connectivity index (χ1n) is 11.2. The van der Waals surface area contributed by atoms with Crippen LogP contribution in [0.25, 0.3) is 22.2 Å². The van der Waals surface area contributed by atoms with Crippen molar-refractivity contribution < 1.29 is 22.0 Å². The van der Waals surface area contributed by atoms with Crippen LogP contribution in [-0.2, 0) is 10.0 Å². The van der Waals surface area contributed by atoms with Crippen molar-refractivity contribution in [1.82, 2.24) is 9.97 Å². The van der Waals surface area contributed by atoms with Crippen molar-refractivity contribution in [1.29, 1.82) is 0 Å².